The van der Waals surface area contributed by atoms with Crippen LogP contribution >= 0.6 is 0 Å². The monoisotopic (exact) mass is 1440 g/mol. The summed E-state index contributed by atoms with van der Waals surface area (Å²) in [4.78, 5) is 0. The van der Waals surface area contributed by atoms with Crippen molar-refractivity contribution in [1.82, 2.24) is 0 Å². The molecule has 3 aliphatic heterocycles. The Morgan fingerprint density at radius 2 is 0.495 bits per heavy atom. The SMILES string of the molecule is O=S(=O)([O-])C(F)(F)CC1CC2CC1C1OC(c3ccccc3)(c3ccccc3)OC21.O=S(=O)([O-])C(F)(F)CC1CC2CC1C1OC(c3ccccc3)(c3ccccc3)OC21.O=S(=O)([O-])C(F)(F)CC1CC2CC1C1OC(c3ccccc3)(c3ccccc3)OC21.[La+3]. The van der Waals surface area contributed by atoms with Crippen LogP contribution < -0.4 is 0 Å². The number of halogens is 6. The summed E-state index contributed by atoms with van der Waals surface area (Å²) in [6.45, 7) is 0. The fourth-order valence-corrected chi connectivity index (χ4v) is 17.8. The molecule has 0 aromatic heterocycles. The molecule has 15 atom stereocenters. The maximum Gasteiger partial charge on any atom is 3.00 e. The first-order valence-electron chi connectivity index (χ1n) is 30.0. The van der Waals surface area contributed by atoms with Crippen LogP contribution in [0.25, 0.3) is 0 Å². The average Bonchev–Trinajstić information content (AvgIpc) is 1.57. The van der Waals surface area contributed by atoms with Crippen LogP contribution in [0, 0.1) is 88.9 Å². The van der Waals surface area contributed by atoms with Gasteiger partial charge in [0, 0.05) is 52.6 Å². The normalized spacial score (nSPS) is 31.9. The molecule has 91 heavy (non-hydrogen) atoms. The van der Waals surface area contributed by atoms with E-state index in [4.69, 9.17) is 28.4 Å². The van der Waals surface area contributed by atoms with Gasteiger partial charge in [-0.25, -0.2) is 25.3 Å². The van der Waals surface area contributed by atoms with Crippen LogP contribution in [0.15, 0.2) is 182 Å². The molecule has 9 fully saturated rings. The van der Waals surface area contributed by atoms with Crippen LogP contribution in [0.5, 0.6) is 0 Å². The summed E-state index contributed by atoms with van der Waals surface area (Å²) in [5.41, 5.74) is 4.88. The number of hydrogen-bond donors (Lipinski definition) is 0. The molecule has 0 N–H and O–H groups in total. The molecule has 15 rings (SSSR count). The van der Waals surface area contributed by atoms with Gasteiger partial charge in [0.1, 0.15) is 0 Å². The molecular formula is C66H63F6LaO15S3. The third-order valence-corrected chi connectivity index (χ3v) is 23.0. The van der Waals surface area contributed by atoms with Crippen molar-refractivity contribution < 1.29 is 129 Å². The third kappa shape index (κ3) is 12.0. The molecule has 3 heterocycles. The molecule has 15 unspecified atom stereocenters. The van der Waals surface area contributed by atoms with Crippen molar-refractivity contribution >= 4 is 30.4 Å². The maximum absolute atomic E-state index is 14.0. The molecule has 0 spiro atoms. The van der Waals surface area contributed by atoms with E-state index in [1.807, 2.05) is 182 Å². The standard InChI is InChI=1S/3C22H22F2O5S.La/c3*23-21(24,30(25,26)27)13-15-11-14-12-18(15)20-19(14)28-22(29-20,16-7-3-1-4-8-16)17-9-5-2-6-10-17;/h3*1-10,14-15,18-20H,11-13H2,(H,25,26,27);/q;;;+3/p-3. The van der Waals surface area contributed by atoms with E-state index < -0.39 is 119 Å². The fraction of sp³-hybridized carbons (Fsp3) is 0.455. The van der Waals surface area contributed by atoms with Crippen molar-refractivity contribution in [2.45, 2.75) is 128 Å². The van der Waals surface area contributed by atoms with Crippen molar-refractivity contribution in [2.24, 2.45) is 53.3 Å². The topological polar surface area (TPSA) is 227 Å². The van der Waals surface area contributed by atoms with Crippen molar-refractivity contribution in [3.8, 4) is 0 Å². The second-order valence-corrected chi connectivity index (χ2v) is 29.9. The Balaban J connectivity index is 0.000000131. The molecule has 6 bridgehead atoms. The number of alkyl halides is 6. The number of hydrogen-bond acceptors (Lipinski definition) is 15. The molecule has 9 aliphatic rings. The fourth-order valence-electron chi connectivity index (χ4n) is 16.5. The molecule has 480 valence electrons. The summed E-state index contributed by atoms with van der Waals surface area (Å²) in [6, 6.07) is 56.9. The number of ether oxygens (including phenoxy) is 6. The zero-order valence-electron chi connectivity index (χ0n) is 48.5. The molecule has 0 radical (unpaired) electrons. The van der Waals surface area contributed by atoms with Gasteiger partial charge in [0.15, 0.2) is 30.4 Å². The van der Waals surface area contributed by atoms with E-state index in [-0.39, 0.29) is 89.4 Å². The Kier molecular flexibility index (Phi) is 18.0. The largest absolute Gasteiger partial charge is 3.00 e. The maximum atomic E-state index is 14.0. The predicted molar refractivity (Wildman–Crippen MR) is 307 cm³/mol. The predicted octanol–water partition coefficient (Wildman–Crippen LogP) is 11.6. The molecule has 3 saturated heterocycles. The molecule has 6 saturated carbocycles. The summed E-state index contributed by atoms with van der Waals surface area (Å²) in [7, 11) is -17.1. The molecule has 15 nitrogen and oxygen atoms in total. The van der Waals surface area contributed by atoms with E-state index in [9.17, 15) is 65.3 Å². The van der Waals surface area contributed by atoms with Crippen LogP contribution in [-0.4, -0.2) is 91.3 Å². The van der Waals surface area contributed by atoms with Gasteiger partial charge in [-0.2, -0.15) is 26.3 Å². The van der Waals surface area contributed by atoms with E-state index in [0.717, 1.165) is 33.4 Å². The number of benzene rings is 6. The Labute approximate surface area is 551 Å². The van der Waals surface area contributed by atoms with Crippen LogP contribution in [0.4, 0.5) is 26.3 Å². The van der Waals surface area contributed by atoms with Gasteiger partial charge < -0.3 is 42.1 Å². The molecule has 6 aromatic carbocycles. The van der Waals surface area contributed by atoms with E-state index >= 15 is 0 Å². The second kappa shape index (κ2) is 24.7. The van der Waals surface area contributed by atoms with Crippen molar-refractivity contribution in [3.63, 3.8) is 0 Å². The van der Waals surface area contributed by atoms with E-state index in [1.165, 1.54) is 0 Å². The van der Waals surface area contributed by atoms with Crippen molar-refractivity contribution in [1.29, 1.82) is 0 Å². The van der Waals surface area contributed by atoms with Crippen molar-refractivity contribution in [3.05, 3.63) is 215 Å². The van der Waals surface area contributed by atoms with Gasteiger partial charge in [-0.15, -0.1) is 0 Å². The van der Waals surface area contributed by atoms with Gasteiger partial charge in [0.2, 0.25) is 17.4 Å². The summed E-state index contributed by atoms with van der Waals surface area (Å²) < 4.78 is 222. The number of rotatable bonds is 15. The summed E-state index contributed by atoms with van der Waals surface area (Å²) in [5, 5.41) is -12.8. The minimum atomic E-state index is -5.69. The first-order valence-corrected chi connectivity index (χ1v) is 34.3. The van der Waals surface area contributed by atoms with Gasteiger partial charge in [0.25, 0.3) is 0 Å². The van der Waals surface area contributed by atoms with Gasteiger partial charge in [-0.05, 0) is 91.8 Å². The van der Waals surface area contributed by atoms with Crippen LogP contribution in [0.1, 0.15) is 91.2 Å². The Morgan fingerprint density at radius 1 is 0.319 bits per heavy atom. The molecule has 0 amide bonds. The Bertz CT molecular complexity index is 3380. The van der Waals surface area contributed by atoms with E-state index in [0.29, 0.717) is 38.5 Å². The minimum Gasteiger partial charge on any atom is -0.743 e. The van der Waals surface area contributed by atoms with Gasteiger partial charge in [-0.3, -0.25) is 0 Å². The van der Waals surface area contributed by atoms with Crippen molar-refractivity contribution in [2.75, 3.05) is 0 Å². The third-order valence-electron chi connectivity index (χ3n) is 20.3. The van der Waals surface area contributed by atoms with E-state index in [2.05, 4.69) is 0 Å². The first-order chi connectivity index (χ1) is 42.6. The van der Waals surface area contributed by atoms with Crippen LogP contribution in [-0.2, 0) is 76.1 Å². The average molecular weight is 1450 g/mol. The summed E-state index contributed by atoms with van der Waals surface area (Å²) in [5.74, 6) is -6.07. The van der Waals surface area contributed by atoms with Crippen LogP contribution in [0.3, 0.4) is 0 Å². The summed E-state index contributed by atoms with van der Waals surface area (Å²) >= 11 is 0. The Hall–Kier alpha value is -4.42. The minimum absolute atomic E-state index is 0. The molecule has 6 aromatic rings. The van der Waals surface area contributed by atoms with Crippen LogP contribution in [0.2, 0.25) is 0 Å². The zero-order valence-corrected chi connectivity index (χ0v) is 54.6. The quantitative estimate of drug-likeness (QED) is 0.0688. The smallest absolute Gasteiger partial charge is 0.743 e. The van der Waals surface area contributed by atoms with E-state index in [1.54, 1.807) is 0 Å². The van der Waals surface area contributed by atoms with Gasteiger partial charge >= 0.3 is 51.4 Å². The molecule has 6 aliphatic carbocycles. The second-order valence-electron chi connectivity index (χ2n) is 25.4. The Morgan fingerprint density at radius 3 is 0.670 bits per heavy atom. The zero-order chi connectivity index (χ0) is 63.4. The first kappa shape index (κ1) is 66.6. The molecule has 25 heteroatoms. The number of fused-ring (bicyclic) bond motifs is 15. The summed E-state index contributed by atoms with van der Waals surface area (Å²) in [6.07, 6.45) is -1.85. The van der Waals surface area contributed by atoms with Gasteiger partial charge in [-0.1, -0.05) is 182 Å². The van der Waals surface area contributed by atoms with Gasteiger partial charge in [0.05, 0.1) is 36.6 Å². The molecular weight excluding hydrogens is 1380 g/mol.